The number of aliphatic hydroxyl groups is 1. The van der Waals surface area contributed by atoms with Crippen LogP contribution in [0.1, 0.15) is 34.8 Å². The van der Waals surface area contributed by atoms with E-state index in [2.05, 4.69) is 15.9 Å². The molecule has 1 aliphatic rings. The number of hydrogen-bond donors (Lipinski definition) is 1. The largest absolute Gasteiger partial charge is 0.383 e. The molecular weight excluding hydrogens is 326 g/mol. The van der Waals surface area contributed by atoms with Gasteiger partial charge in [0.05, 0.1) is 10.0 Å². The van der Waals surface area contributed by atoms with E-state index >= 15 is 0 Å². The molecule has 1 N–H and O–H groups in total. The van der Waals surface area contributed by atoms with Crippen molar-refractivity contribution >= 4 is 15.9 Å². The first kappa shape index (κ1) is 13.7. The van der Waals surface area contributed by atoms with E-state index in [9.17, 15) is 13.9 Å². The second-order valence-electron chi connectivity index (χ2n) is 5.04. The normalized spacial score (nSPS) is 15.2. The Morgan fingerprint density at radius 1 is 1.05 bits per heavy atom. The number of aliphatic hydroxyl groups excluding tert-OH is 1. The summed E-state index contributed by atoms with van der Waals surface area (Å²) in [6.07, 6.45) is 1.79. The van der Waals surface area contributed by atoms with Gasteiger partial charge < -0.3 is 5.11 Å². The van der Waals surface area contributed by atoms with Crippen molar-refractivity contribution in [3.63, 3.8) is 0 Å². The maximum absolute atomic E-state index is 14.0. The van der Waals surface area contributed by atoms with Crippen LogP contribution >= 0.6 is 15.9 Å². The molecule has 104 valence electrons. The van der Waals surface area contributed by atoms with Gasteiger partial charge in [0.15, 0.2) is 0 Å². The lowest BCUT2D eigenvalue weighted by Gasteiger charge is -2.15. The standard InChI is InChI=1S/C16H13BrF2O/c17-12-6-7-13(18)14(15(12)19)16(20)11-5-4-9-2-1-3-10(9)8-11/h4-8,16,20H,1-3H2. The second-order valence-corrected chi connectivity index (χ2v) is 5.90. The molecule has 1 aliphatic carbocycles. The first-order chi connectivity index (χ1) is 9.58. The molecule has 0 saturated heterocycles. The molecule has 0 radical (unpaired) electrons. The van der Waals surface area contributed by atoms with Crippen molar-refractivity contribution in [3.8, 4) is 0 Å². The smallest absolute Gasteiger partial charge is 0.146 e. The molecule has 1 nitrogen and oxygen atoms in total. The lowest BCUT2D eigenvalue weighted by molar-refractivity contribution is 0.208. The van der Waals surface area contributed by atoms with Crippen LogP contribution in [0, 0.1) is 11.6 Å². The fourth-order valence-corrected chi connectivity index (χ4v) is 3.07. The van der Waals surface area contributed by atoms with Gasteiger partial charge in [-0.2, -0.15) is 0 Å². The maximum Gasteiger partial charge on any atom is 0.146 e. The summed E-state index contributed by atoms with van der Waals surface area (Å²) >= 11 is 3.02. The number of benzene rings is 2. The predicted molar refractivity (Wildman–Crippen MR) is 76.6 cm³/mol. The van der Waals surface area contributed by atoms with Crippen LogP contribution in [0.3, 0.4) is 0 Å². The van der Waals surface area contributed by atoms with E-state index < -0.39 is 17.7 Å². The Hall–Kier alpha value is -1.26. The second kappa shape index (κ2) is 5.26. The van der Waals surface area contributed by atoms with Crippen LogP contribution in [0.2, 0.25) is 0 Å². The zero-order valence-electron chi connectivity index (χ0n) is 10.7. The third kappa shape index (κ3) is 2.27. The quantitative estimate of drug-likeness (QED) is 0.809. The number of halogens is 3. The van der Waals surface area contributed by atoms with Gasteiger partial charge in [0.2, 0.25) is 0 Å². The summed E-state index contributed by atoms with van der Waals surface area (Å²) in [4.78, 5) is 0. The lowest BCUT2D eigenvalue weighted by atomic mass is 9.97. The summed E-state index contributed by atoms with van der Waals surface area (Å²) in [7, 11) is 0. The summed E-state index contributed by atoms with van der Waals surface area (Å²) in [6.45, 7) is 0. The summed E-state index contributed by atoms with van der Waals surface area (Å²) in [5.41, 5.74) is 2.65. The molecule has 3 rings (SSSR count). The highest BCUT2D eigenvalue weighted by molar-refractivity contribution is 9.10. The Labute approximate surface area is 124 Å². The molecule has 0 aromatic heterocycles. The van der Waals surface area contributed by atoms with Gasteiger partial charge in [-0.25, -0.2) is 8.78 Å². The number of hydrogen-bond acceptors (Lipinski definition) is 1. The van der Waals surface area contributed by atoms with Gasteiger partial charge in [-0.15, -0.1) is 0 Å². The molecule has 20 heavy (non-hydrogen) atoms. The van der Waals surface area contributed by atoms with Gasteiger partial charge in [-0.1, -0.05) is 18.2 Å². The van der Waals surface area contributed by atoms with Gasteiger partial charge in [0.25, 0.3) is 0 Å². The summed E-state index contributed by atoms with van der Waals surface area (Å²) in [5.74, 6) is -1.49. The van der Waals surface area contributed by atoms with Crippen molar-refractivity contribution in [3.05, 3.63) is 68.7 Å². The Balaban J connectivity index is 2.05. The van der Waals surface area contributed by atoms with Gasteiger partial charge in [-0.05, 0) is 64.0 Å². The summed E-state index contributed by atoms with van der Waals surface area (Å²) in [5, 5.41) is 10.3. The molecule has 0 fully saturated rings. The van der Waals surface area contributed by atoms with E-state index in [1.54, 1.807) is 6.07 Å². The van der Waals surface area contributed by atoms with Gasteiger partial charge >= 0.3 is 0 Å². The first-order valence-corrected chi connectivity index (χ1v) is 7.30. The average molecular weight is 339 g/mol. The zero-order chi connectivity index (χ0) is 14.3. The Morgan fingerprint density at radius 3 is 2.60 bits per heavy atom. The Morgan fingerprint density at radius 2 is 1.80 bits per heavy atom. The van der Waals surface area contributed by atoms with Crippen LogP contribution in [-0.4, -0.2) is 5.11 Å². The number of aryl methyl sites for hydroxylation is 2. The number of rotatable bonds is 2. The van der Waals surface area contributed by atoms with E-state index in [4.69, 9.17) is 0 Å². The first-order valence-electron chi connectivity index (χ1n) is 6.51. The minimum absolute atomic E-state index is 0.147. The molecule has 2 aromatic rings. The SMILES string of the molecule is OC(c1ccc2c(c1)CCC2)c1c(F)ccc(Br)c1F. The molecule has 2 aromatic carbocycles. The fourth-order valence-electron chi connectivity index (χ4n) is 2.72. The highest BCUT2D eigenvalue weighted by Gasteiger charge is 2.23. The molecule has 1 unspecified atom stereocenters. The third-order valence-corrected chi connectivity index (χ3v) is 4.40. The van der Waals surface area contributed by atoms with Crippen molar-refractivity contribution in [2.24, 2.45) is 0 Å². The van der Waals surface area contributed by atoms with Crippen LogP contribution in [0.4, 0.5) is 8.78 Å². The van der Waals surface area contributed by atoms with Crippen molar-refractivity contribution < 1.29 is 13.9 Å². The molecule has 0 spiro atoms. The maximum atomic E-state index is 14.0. The molecule has 0 saturated carbocycles. The minimum Gasteiger partial charge on any atom is -0.383 e. The predicted octanol–water partition coefficient (Wildman–Crippen LogP) is 4.30. The molecule has 0 bridgehead atoms. The van der Waals surface area contributed by atoms with Crippen molar-refractivity contribution in [1.29, 1.82) is 0 Å². The van der Waals surface area contributed by atoms with E-state index in [0.717, 1.165) is 30.9 Å². The van der Waals surface area contributed by atoms with Gasteiger partial charge in [0, 0.05) is 0 Å². The summed E-state index contributed by atoms with van der Waals surface area (Å²) in [6, 6.07) is 7.98. The monoisotopic (exact) mass is 338 g/mol. The van der Waals surface area contributed by atoms with Crippen LogP contribution < -0.4 is 0 Å². The van der Waals surface area contributed by atoms with Crippen LogP contribution in [0.15, 0.2) is 34.8 Å². The van der Waals surface area contributed by atoms with Crippen molar-refractivity contribution in [2.75, 3.05) is 0 Å². The van der Waals surface area contributed by atoms with Crippen LogP contribution in [-0.2, 0) is 12.8 Å². The molecule has 0 heterocycles. The summed E-state index contributed by atoms with van der Waals surface area (Å²) < 4.78 is 28.0. The van der Waals surface area contributed by atoms with Gasteiger partial charge in [0.1, 0.15) is 17.7 Å². The molecule has 4 heteroatoms. The minimum atomic E-state index is -1.29. The topological polar surface area (TPSA) is 20.2 Å². The van der Waals surface area contributed by atoms with Gasteiger partial charge in [-0.3, -0.25) is 0 Å². The molecule has 0 aliphatic heterocycles. The van der Waals surface area contributed by atoms with Crippen LogP contribution in [0.25, 0.3) is 0 Å². The van der Waals surface area contributed by atoms with E-state index in [-0.39, 0.29) is 10.0 Å². The molecule has 1 atom stereocenters. The van der Waals surface area contributed by atoms with E-state index in [1.807, 2.05) is 12.1 Å². The number of fused-ring (bicyclic) bond motifs is 1. The van der Waals surface area contributed by atoms with E-state index in [0.29, 0.717) is 5.56 Å². The highest BCUT2D eigenvalue weighted by Crippen LogP contribution is 2.33. The van der Waals surface area contributed by atoms with Crippen LogP contribution in [0.5, 0.6) is 0 Å². The fraction of sp³-hybridized carbons (Fsp3) is 0.250. The highest BCUT2D eigenvalue weighted by atomic mass is 79.9. The van der Waals surface area contributed by atoms with E-state index in [1.165, 1.54) is 11.6 Å². The lowest BCUT2D eigenvalue weighted by Crippen LogP contribution is -2.07. The Kier molecular flexibility index (Phi) is 3.61. The van der Waals surface area contributed by atoms with Crippen molar-refractivity contribution in [1.82, 2.24) is 0 Å². The zero-order valence-corrected chi connectivity index (χ0v) is 12.3. The average Bonchev–Trinajstić information content (AvgIpc) is 2.90. The molecule has 0 amide bonds. The van der Waals surface area contributed by atoms with Crippen molar-refractivity contribution in [2.45, 2.75) is 25.4 Å². The molecular formula is C16H13BrF2O. The Bertz CT molecular complexity index is 670. The third-order valence-electron chi connectivity index (χ3n) is 3.79.